The lowest BCUT2D eigenvalue weighted by Gasteiger charge is -2.35. The minimum Gasteiger partial charge on any atom is -0.496 e. The molecule has 12 heteroatoms. The lowest BCUT2D eigenvalue weighted by Crippen LogP contribution is -2.45. The molecule has 1 saturated heterocycles. The summed E-state index contributed by atoms with van der Waals surface area (Å²) in [6.07, 6.45) is 2.18. The Hall–Kier alpha value is -3.35. The lowest BCUT2D eigenvalue weighted by atomic mass is 10.2. The van der Waals surface area contributed by atoms with E-state index < -0.39 is 0 Å². The van der Waals surface area contributed by atoms with Gasteiger partial charge in [0.15, 0.2) is 10.9 Å². The molecule has 0 N–H and O–H groups in total. The van der Waals surface area contributed by atoms with Crippen LogP contribution in [0.2, 0.25) is 0 Å². The molecule has 0 bridgehead atoms. The van der Waals surface area contributed by atoms with Crippen LogP contribution in [-0.2, 0) is 11.3 Å². The number of anilines is 1. The average molecular weight is 528 g/mol. The van der Waals surface area contributed by atoms with Crippen molar-refractivity contribution in [2.24, 2.45) is 0 Å². The highest BCUT2D eigenvalue weighted by Crippen LogP contribution is 2.38. The third kappa shape index (κ3) is 4.36. The Morgan fingerprint density at radius 2 is 1.92 bits per heavy atom. The maximum atomic E-state index is 6.22. The second kappa shape index (κ2) is 9.26. The van der Waals surface area contributed by atoms with Crippen LogP contribution >= 0.6 is 22.7 Å². The maximum Gasteiger partial charge on any atom is 0.294 e. The van der Waals surface area contributed by atoms with E-state index in [0.29, 0.717) is 40.3 Å². The molecule has 0 unspecified atom stereocenters. The standard InChI is InChI=1S/C24H25N5O5S2/c1-13-8-28(9-14(2)33-13)22-25-15(12-35-22)11-32-19-5-16(30-3)6-20-17(19)7-21(34-20)18-10-29-23(26-18)36-24(27-29)31-4/h5-7,10,12-14H,8-9,11H2,1-4H3/t13-,14+. The molecule has 5 heterocycles. The molecule has 4 aromatic heterocycles. The zero-order valence-electron chi connectivity index (χ0n) is 20.3. The van der Waals surface area contributed by atoms with Crippen LogP contribution in [0, 0.1) is 0 Å². The fraction of sp³-hybridized carbons (Fsp3) is 0.375. The van der Waals surface area contributed by atoms with Crippen LogP contribution in [0.25, 0.3) is 27.4 Å². The second-order valence-electron chi connectivity index (χ2n) is 8.65. The number of nitrogens with zero attached hydrogens (tertiary/aromatic N) is 5. The molecule has 6 rings (SSSR count). The zero-order chi connectivity index (χ0) is 24.8. The van der Waals surface area contributed by atoms with Crippen molar-refractivity contribution in [3.8, 4) is 28.1 Å². The summed E-state index contributed by atoms with van der Waals surface area (Å²) in [6, 6.07) is 5.63. The Kier molecular flexibility index (Phi) is 5.94. The van der Waals surface area contributed by atoms with Crippen LogP contribution < -0.4 is 19.1 Å². The number of morpholine rings is 1. The first kappa shape index (κ1) is 23.1. The number of rotatable bonds is 7. The highest BCUT2D eigenvalue weighted by atomic mass is 32.1. The molecule has 0 radical (unpaired) electrons. The number of fused-ring (bicyclic) bond motifs is 2. The molecule has 1 aliphatic rings. The summed E-state index contributed by atoms with van der Waals surface area (Å²) in [5.41, 5.74) is 2.20. The van der Waals surface area contributed by atoms with Gasteiger partial charge in [0.2, 0.25) is 4.96 Å². The number of hydrogen-bond acceptors (Lipinski definition) is 11. The molecule has 1 fully saturated rings. The quantitative estimate of drug-likeness (QED) is 0.294. The van der Waals surface area contributed by atoms with Crippen molar-refractivity contribution in [1.82, 2.24) is 19.6 Å². The fourth-order valence-electron chi connectivity index (χ4n) is 4.32. The van der Waals surface area contributed by atoms with E-state index in [4.69, 9.17) is 28.3 Å². The predicted octanol–water partition coefficient (Wildman–Crippen LogP) is 4.87. The van der Waals surface area contributed by atoms with Crippen molar-refractivity contribution < 1.29 is 23.4 Å². The van der Waals surface area contributed by atoms with Crippen LogP contribution in [0.4, 0.5) is 5.13 Å². The first-order valence-electron chi connectivity index (χ1n) is 11.5. The number of hydrogen-bond donors (Lipinski definition) is 0. The maximum absolute atomic E-state index is 6.22. The number of imidazole rings is 1. The van der Waals surface area contributed by atoms with E-state index in [1.165, 1.54) is 11.3 Å². The van der Waals surface area contributed by atoms with Gasteiger partial charge in [-0.2, -0.15) is 0 Å². The van der Waals surface area contributed by atoms with E-state index in [1.807, 2.05) is 29.8 Å². The van der Waals surface area contributed by atoms with Crippen LogP contribution in [0.3, 0.4) is 0 Å². The molecule has 188 valence electrons. The van der Waals surface area contributed by atoms with E-state index in [9.17, 15) is 0 Å². The molecule has 0 aliphatic carbocycles. The minimum absolute atomic E-state index is 0.182. The Balaban J connectivity index is 1.25. The number of furan rings is 1. The van der Waals surface area contributed by atoms with Crippen LogP contribution in [-0.4, -0.2) is 59.1 Å². The third-order valence-corrected chi connectivity index (χ3v) is 7.70. The van der Waals surface area contributed by atoms with Crippen molar-refractivity contribution in [3.05, 3.63) is 35.5 Å². The summed E-state index contributed by atoms with van der Waals surface area (Å²) in [4.78, 5) is 12.4. The molecule has 0 saturated carbocycles. The Bertz CT molecular complexity index is 1480. The lowest BCUT2D eigenvalue weighted by molar-refractivity contribution is -0.00524. The zero-order valence-corrected chi connectivity index (χ0v) is 21.9. The van der Waals surface area contributed by atoms with Gasteiger partial charge in [0, 0.05) is 30.6 Å². The summed E-state index contributed by atoms with van der Waals surface area (Å²) in [5, 5.41) is 8.74. The first-order chi connectivity index (χ1) is 17.5. The van der Waals surface area contributed by atoms with Gasteiger partial charge in [-0.3, -0.25) is 0 Å². The summed E-state index contributed by atoms with van der Waals surface area (Å²) in [7, 11) is 3.21. The Morgan fingerprint density at radius 1 is 1.08 bits per heavy atom. The number of ether oxygens (including phenoxy) is 4. The van der Waals surface area contributed by atoms with Crippen molar-refractivity contribution in [3.63, 3.8) is 0 Å². The van der Waals surface area contributed by atoms with Gasteiger partial charge in [-0.1, -0.05) is 0 Å². The van der Waals surface area contributed by atoms with Gasteiger partial charge in [-0.15, -0.1) is 16.4 Å². The summed E-state index contributed by atoms with van der Waals surface area (Å²) >= 11 is 2.99. The highest BCUT2D eigenvalue weighted by molar-refractivity contribution is 7.18. The van der Waals surface area contributed by atoms with Crippen molar-refractivity contribution >= 4 is 43.7 Å². The summed E-state index contributed by atoms with van der Waals surface area (Å²) < 4.78 is 30.5. The van der Waals surface area contributed by atoms with Crippen molar-refractivity contribution in [1.29, 1.82) is 0 Å². The fourth-order valence-corrected chi connectivity index (χ4v) is 5.85. The largest absolute Gasteiger partial charge is 0.496 e. The molecule has 0 spiro atoms. The molecule has 5 aromatic rings. The van der Waals surface area contributed by atoms with Gasteiger partial charge in [-0.05, 0) is 31.3 Å². The topological polar surface area (TPSA) is 96.4 Å². The molecule has 36 heavy (non-hydrogen) atoms. The Labute approximate surface area is 215 Å². The number of methoxy groups -OCH3 is 2. The van der Waals surface area contributed by atoms with Crippen molar-refractivity contribution in [2.75, 3.05) is 32.2 Å². The van der Waals surface area contributed by atoms with Gasteiger partial charge in [0.1, 0.15) is 29.4 Å². The van der Waals surface area contributed by atoms with Crippen LogP contribution in [0.1, 0.15) is 19.5 Å². The molecular formula is C24H25N5O5S2. The van der Waals surface area contributed by atoms with E-state index in [-0.39, 0.29) is 12.2 Å². The van der Waals surface area contributed by atoms with E-state index in [2.05, 4.69) is 28.8 Å². The van der Waals surface area contributed by atoms with Crippen molar-refractivity contribution in [2.45, 2.75) is 32.7 Å². The molecule has 1 aromatic carbocycles. The first-order valence-corrected chi connectivity index (χ1v) is 13.2. The predicted molar refractivity (Wildman–Crippen MR) is 138 cm³/mol. The average Bonchev–Trinajstić information content (AvgIpc) is 3.63. The molecule has 2 atom stereocenters. The second-order valence-corrected chi connectivity index (χ2v) is 10.4. The third-order valence-electron chi connectivity index (χ3n) is 5.87. The monoisotopic (exact) mass is 527 g/mol. The Morgan fingerprint density at radius 3 is 2.67 bits per heavy atom. The molecule has 10 nitrogen and oxygen atoms in total. The van der Waals surface area contributed by atoms with Crippen LogP contribution in [0.5, 0.6) is 16.7 Å². The number of benzene rings is 1. The van der Waals surface area contributed by atoms with E-state index in [1.54, 1.807) is 30.1 Å². The molecular weight excluding hydrogens is 502 g/mol. The molecule has 1 aliphatic heterocycles. The van der Waals surface area contributed by atoms with Gasteiger partial charge in [0.25, 0.3) is 5.19 Å². The van der Waals surface area contributed by atoms with Gasteiger partial charge >= 0.3 is 0 Å². The van der Waals surface area contributed by atoms with Gasteiger partial charge in [0.05, 0.1) is 43.7 Å². The summed E-state index contributed by atoms with van der Waals surface area (Å²) in [5.74, 6) is 1.92. The van der Waals surface area contributed by atoms with Gasteiger partial charge < -0.3 is 28.3 Å². The molecule has 0 amide bonds. The minimum atomic E-state index is 0.182. The summed E-state index contributed by atoms with van der Waals surface area (Å²) in [6.45, 7) is 6.18. The SMILES string of the molecule is COc1cc(OCc2csc(N3C[C@@H](C)O[C@@H](C)C3)n2)c2cc(-c3cn4nc(OC)sc4n3)oc2c1. The smallest absolute Gasteiger partial charge is 0.294 e. The number of aromatic nitrogens is 4. The van der Waals surface area contributed by atoms with E-state index >= 15 is 0 Å². The highest BCUT2D eigenvalue weighted by Gasteiger charge is 2.24. The van der Waals surface area contributed by atoms with E-state index in [0.717, 1.165) is 34.3 Å². The van der Waals surface area contributed by atoms with Gasteiger partial charge in [-0.25, -0.2) is 14.5 Å². The van der Waals surface area contributed by atoms with Crippen LogP contribution in [0.15, 0.2) is 34.2 Å². The normalized spacial score (nSPS) is 18.3. The number of thiazole rings is 1.